The van der Waals surface area contributed by atoms with Crippen LogP contribution in [-0.2, 0) is 11.2 Å². The second kappa shape index (κ2) is 7.56. The predicted octanol–water partition coefficient (Wildman–Crippen LogP) is 3.84. The van der Waals surface area contributed by atoms with E-state index < -0.39 is 0 Å². The number of nitrogens with one attached hydrogen (secondary N) is 3. The van der Waals surface area contributed by atoms with Gasteiger partial charge < -0.3 is 15.0 Å². The van der Waals surface area contributed by atoms with Crippen molar-refractivity contribution in [3.05, 3.63) is 59.9 Å². The number of hydrogen-bond acceptors (Lipinski definition) is 4. The van der Waals surface area contributed by atoms with Crippen LogP contribution in [0, 0.1) is 6.92 Å². The lowest BCUT2D eigenvalue weighted by Gasteiger charge is -2.03. The summed E-state index contributed by atoms with van der Waals surface area (Å²) in [7, 11) is 0. The molecule has 28 heavy (non-hydrogen) atoms. The zero-order valence-corrected chi connectivity index (χ0v) is 15.7. The third-order valence-corrected chi connectivity index (χ3v) is 4.35. The molecule has 0 spiro atoms. The first-order valence-electron chi connectivity index (χ1n) is 9.14. The van der Waals surface area contributed by atoms with E-state index in [2.05, 4.69) is 25.5 Å². The first-order valence-corrected chi connectivity index (χ1v) is 9.14. The molecule has 0 fully saturated rings. The first-order chi connectivity index (χ1) is 13.6. The molecule has 1 amide bonds. The van der Waals surface area contributed by atoms with Crippen molar-refractivity contribution in [2.45, 2.75) is 20.3 Å². The molecule has 4 rings (SSSR count). The van der Waals surface area contributed by atoms with Crippen molar-refractivity contribution in [3.8, 4) is 17.0 Å². The molecule has 0 radical (unpaired) electrons. The van der Waals surface area contributed by atoms with Crippen LogP contribution >= 0.6 is 0 Å². The number of rotatable bonds is 6. The lowest BCUT2D eigenvalue weighted by atomic mass is 10.1. The highest BCUT2D eigenvalue weighted by Gasteiger charge is 2.10. The molecular weight excluding hydrogens is 354 g/mol. The monoisotopic (exact) mass is 375 g/mol. The number of aryl methyl sites for hydroxylation is 1. The van der Waals surface area contributed by atoms with Crippen LogP contribution in [-0.4, -0.2) is 32.7 Å². The van der Waals surface area contributed by atoms with E-state index in [1.165, 1.54) is 0 Å². The van der Waals surface area contributed by atoms with E-state index in [0.717, 1.165) is 39.4 Å². The second-order valence-electron chi connectivity index (χ2n) is 6.52. The van der Waals surface area contributed by atoms with Gasteiger partial charge in [0.05, 0.1) is 29.8 Å². The lowest BCUT2D eigenvalue weighted by molar-refractivity contribution is -0.115. The van der Waals surface area contributed by atoms with Crippen LogP contribution in [0.3, 0.4) is 0 Å². The summed E-state index contributed by atoms with van der Waals surface area (Å²) < 4.78 is 5.45. The van der Waals surface area contributed by atoms with Gasteiger partial charge in [-0.1, -0.05) is 6.07 Å². The number of amides is 1. The van der Waals surface area contributed by atoms with Gasteiger partial charge in [-0.3, -0.25) is 9.89 Å². The van der Waals surface area contributed by atoms with Crippen LogP contribution in [0.15, 0.2) is 48.5 Å². The highest BCUT2D eigenvalue weighted by atomic mass is 16.5. The number of carbonyl (C=O) groups is 1. The van der Waals surface area contributed by atoms with Gasteiger partial charge >= 0.3 is 0 Å². The van der Waals surface area contributed by atoms with Crippen molar-refractivity contribution in [1.82, 2.24) is 20.2 Å². The van der Waals surface area contributed by atoms with Crippen molar-refractivity contribution < 1.29 is 9.53 Å². The molecule has 0 bridgehead atoms. The van der Waals surface area contributed by atoms with Gasteiger partial charge in [-0.25, -0.2) is 4.98 Å². The van der Waals surface area contributed by atoms with Gasteiger partial charge in [-0.2, -0.15) is 5.10 Å². The average Bonchev–Trinajstić information content (AvgIpc) is 3.28. The third kappa shape index (κ3) is 3.88. The number of anilines is 1. The molecule has 7 heteroatoms. The number of benzene rings is 2. The molecule has 3 N–H and O–H groups in total. The fourth-order valence-corrected chi connectivity index (χ4v) is 3.10. The summed E-state index contributed by atoms with van der Waals surface area (Å²) in [5, 5.41) is 9.97. The van der Waals surface area contributed by atoms with Gasteiger partial charge in [-0.05, 0) is 61.4 Å². The van der Waals surface area contributed by atoms with Crippen molar-refractivity contribution in [2.75, 3.05) is 11.9 Å². The van der Waals surface area contributed by atoms with Crippen LogP contribution in [0.25, 0.3) is 22.3 Å². The smallest absolute Gasteiger partial charge is 0.229 e. The number of carbonyl (C=O) groups excluding carboxylic acids is 1. The van der Waals surface area contributed by atoms with Crippen LogP contribution in [0.1, 0.15) is 18.3 Å². The van der Waals surface area contributed by atoms with Gasteiger partial charge in [0.15, 0.2) is 5.82 Å². The van der Waals surface area contributed by atoms with E-state index >= 15 is 0 Å². The van der Waals surface area contributed by atoms with E-state index in [1.54, 1.807) is 0 Å². The quantitative estimate of drug-likeness (QED) is 0.477. The van der Waals surface area contributed by atoms with Crippen LogP contribution in [0.5, 0.6) is 5.75 Å². The Kier molecular flexibility index (Phi) is 4.80. The average molecular weight is 375 g/mol. The van der Waals surface area contributed by atoms with Crippen molar-refractivity contribution in [1.29, 1.82) is 0 Å². The maximum atomic E-state index is 12.4. The SMILES string of the molecule is CCOc1ccc(-c2cc(NC(=O)Cc3ccc4nc(C)[nH]c4c3)n[nH]2)cc1. The van der Waals surface area contributed by atoms with E-state index in [4.69, 9.17) is 4.74 Å². The minimum atomic E-state index is -0.125. The first kappa shape index (κ1) is 17.8. The summed E-state index contributed by atoms with van der Waals surface area (Å²) in [5.41, 5.74) is 4.54. The Morgan fingerprint density at radius 1 is 1.14 bits per heavy atom. The van der Waals surface area contributed by atoms with E-state index in [1.807, 2.05) is 62.4 Å². The minimum Gasteiger partial charge on any atom is -0.494 e. The Morgan fingerprint density at radius 2 is 1.96 bits per heavy atom. The van der Waals surface area contributed by atoms with E-state index in [9.17, 15) is 4.79 Å². The number of imidazole rings is 1. The number of hydrogen-bond donors (Lipinski definition) is 3. The summed E-state index contributed by atoms with van der Waals surface area (Å²) in [4.78, 5) is 19.9. The summed E-state index contributed by atoms with van der Waals surface area (Å²) in [6.45, 7) is 4.49. The van der Waals surface area contributed by atoms with Gasteiger partial charge in [-0.15, -0.1) is 0 Å². The Labute approximate surface area is 162 Å². The van der Waals surface area contributed by atoms with Gasteiger partial charge in [0, 0.05) is 6.07 Å². The van der Waals surface area contributed by atoms with Gasteiger partial charge in [0.2, 0.25) is 5.91 Å². The molecule has 2 heterocycles. The number of H-pyrrole nitrogens is 2. The molecule has 4 aromatic rings. The molecule has 2 aromatic carbocycles. The number of ether oxygens (including phenoxy) is 1. The zero-order chi connectivity index (χ0) is 19.5. The Morgan fingerprint density at radius 3 is 2.75 bits per heavy atom. The minimum absolute atomic E-state index is 0.125. The van der Waals surface area contributed by atoms with E-state index in [0.29, 0.717) is 12.4 Å². The molecular formula is C21H21N5O2. The van der Waals surface area contributed by atoms with Crippen molar-refractivity contribution in [3.63, 3.8) is 0 Å². The highest BCUT2D eigenvalue weighted by Crippen LogP contribution is 2.23. The second-order valence-corrected chi connectivity index (χ2v) is 6.52. The zero-order valence-electron chi connectivity index (χ0n) is 15.7. The Hall–Kier alpha value is -3.61. The maximum Gasteiger partial charge on any atom is 0.229 e. The maximum absolute atomic E-state index is 12.4. The fourth-order valence-electron chi connectivity index (χ4n) is 3.10. The van der Waals surface area contributed by atoms with Crippen molar-refractivity contribution >= 4 is 22.8 Å². The summed E-state index contributed by atoms with van der Waals surface area (Å²) in [6.07, 6.45) is 0.263. The number of nitrogens with zero attached hydrogens (tertiary/aromatic N) is 2. The number of fused-ring (bicyclic) bond motifs is 1. The molecule has 0 aliphatic heterocycles. The Bertz CT molecular complexity index is 1110. The molecule has 2 aromatic heterocycles. The molecule has 0 saturated heterocycles. The molecule has 0 aliphatic rings. The Balaban J connectivity index is 1.41. The largest absolute Gasteiger partial charge is 0.494 e. The topological polar surface area (TPSA) is 95.7 Å². The summed E-state index contributed by atoms with van der Waals surface area (Å²) in [6, 6.07) is 15.3. The van der Waals surface area contributed by atoms with Crippen LogP contribution in [0.2, 0.25) is 0 Å². The van der Waals surface area contributed by atoms with E-state index in [-0.39, 0.29) is 12.3 Å². The molecule has 0 saturated carbocycles. The summed E-state index contributed by atoms with van der Waals surface area (Å²) in [5.74, 6) is 2.05. The molecule has 142 valence electrons. The molecule has 7 nitrogen and oxygen atoms in total. The van der Waals surface area contributed by atoms with Crippen molar-refractivity contribution in [2.24, 2.45) is 0 Å². The standard InChI is InChI=1S/C21H21N5O2/c1-3-28-16-7-5-15(6-8-16)18-12-20(26-25-18)24-21(27)11-14-4-9-17-19(10-14)23-13(2)22-17/h4-10,12H,3,11H2,1-2H3,(H,22,23)(H2,24,25,26,27). The molecule has 0 atom stereocenters. The third-order valence-electron chi connectivity index (χ3n) is 4.35. The normalized spacial score (nSPS) is 10.9. The lowest BCUT2D eigenvalue weighted by Crippen LogP contribution is -2.14. The molecule has 0 aliphatic carbocycles. The molecule has 0 unspecified atom stereocenters. The highest BCUT2D eigenvalue weighted by molar-refractivity contribution is 5.92. The summed E-state index contributed by atoms with van der Waals surface area (Å²) >= 11 is 0. The van der Waals surface area contributed by atoms with Crippen LogP contribution in [0.4, 0.5) is 5.82 Å². The van der Waals surface area contributed by atoms with Gasteiger partial charge in [0.1, 0.15) is 11.6 Å². The fraction of sp³-hybridized carbons (Fsp3) is 0.190. The number of aromatic nitrogens is 4. The van der Waals surface area contributed by atoms with Gasteiger partial charge in [0.25, 0.3) is 0 Å². The van der Waals surface area contributed by atoms with Crippen LogP contribution < -0.4 is 10.1 Å². The predicted molar refractivity (Wildman–Crippen MR) is 108 cm³/mol. The number of aromatic amines is 2.